The van der Waals surface area contributed by atoms with Crippen LogP contribution in [0.4, 0.5) is 0 Å². The number of amides is 1. The van der Waals surface area contributed by atoms with E-state index in [4.69, 9.17) is 32.7 Å². The van der Waals surface area contributed by atoms with E-state index in [9.17, 15) is 9.59 Å². The molecule has 0 aliphatic rings. The van der Waals surface area contributed by atoms with E-state index in [-0.39, 0.29) is 18.6 Å². The number of aldehydes is 1. The molecule has 2 aromatic carbocycles. The summed E-state index contributed by atoms with van der Waals surface area (Å²) in [6.45, 7) is 3.85. The minimum Gasteiger partial charge on any atom is -0.490 e. The maximum Gasteiger partial charge on any atom is 0.258 e. The van der Waals surface area contributed by atoms with Gasteiger partial charge in [0.1, 0.15) is 6.29 Å². The van der Waals surface area contributed by atoms with Crippen molar-refractivity contribution >= 4 is 35.4 Å². The van der Waals surface area contributed by atoms with Crippen LogP contribution in [0.2, 0.25) is 10.0 Å². The zero-order chi connectivity index (χ0) is 19.1. The van der Waals surface area contributed by atoms with Crippen molar-refractivity contribution in [1.29, 1.82) is 0 Å². The van der Waals surface area contributed by atoms with Crippen LogP contribution in [0.1, 0.15) is 35.8 Å². The summed E-state index contributed by atoms with van der Waals surface area (Å²) in [5, 5.41) is 3.82. The van der Waals surface area contributed by atoms with E-state index in [1.54, 1.807) is 36.4 Å². The van der Waals surface area contributed by atoms with E-state index in [1.807, 2.05) is 13.8 Å². The number of carbonyl (C=O) groups is 2. The first-order valence-electron chi connectivity index (χ1n) is 8.03. The lowest BCUT2D eigenvalue weighted by Gasteiger charge is -2.17. The van der Waals surface area contributed by atoms with Crippen molar-refractivity contribution in [3.05, 3.63) is 57.6 Å². The molecule has 0 spiro atoms. The summed E-state index contributed by atoms with van der Waals surface area (Å²) in [5.41, 5.74) is 1.23. The summed E-state index contributed by atoms with van der Waals surface area (Å²) in [5.74, 6) is 0.494. The molecule has 0 bridgehead atoms. The monoisotopic (exact) mass is 395 g/mol. The Labute approximate surface area is 162 Å². The molecule has 0 radical (unpaired) electrons. The molecule has 0 unspecified atom stereocenters. The van der Waals surface area contributed by atoms with Gasteiger partial charge in [-0.2, -0.15) is 0 Å². The molecule has 0 aliphatic heterocycles. The molecule has 1 atom stereocenters. The number of ether oxygens (including phenoxy) is 2. The Morgan fingerprint density at radius 1 is 1.15 bits per heavy atom. The highest BCUT2D eigenvalue weighted by Crippen LogP contribution is 2.28. The van der Waals surface area contributed by atoms with Crippen molar-refractivity contribution in [3.8, 4) is 11.5 Å². The third-order valence-electron chi connectivity index (χ3n) is 3.57. The van der Waals surface area contributed by atoms with E-state index in [0.717, 1.165) is 11.8 Å². The average Bonchev–Trinajstić information content (AvgIpc) is 2.60. The smallest absolute Gasteiger partial charge is 0.258 e. The van der Waals surface area contributed by atoms with Gasteiger partial charge >= 0.3 is 0 Å². The second kappa shape index (κ2) is 9.46. The van der Waals surface area contributed by atoms with Crippen LogP contribution in [0.25, 0.3) is 0 Å². The van der Waals surface area contributed by atoms with Crippen molar-refractivity contribution < 1.29 is 19.1 Å². The fourth-order valence-electron chi connectivity index (χ4n) is 2.34. The summed E-state index contributed by atoms with van der Waals surface area (Å²) in [6.07, 6.45) is 0.719. The number of hydrogen-bond donors (Lipinski definition) is 1. The number of benzene rings is 2. The Morgan fingerprint density at radius 3 is 2.58 bits per heavy atom. The van der Waals surface area contributed by atoms with Gasteiger partial charge in [0.2, 0.25) is 0 Å². The van der Waals surface area contributed by atoms with Crippen molar-refractivity contribution in [2.45, 2.75) is 19.9 Å². The standard InChI is InChI=1S/C19H19Cl2NO4/c1-3-25-18-8-13(10-23)4-7-17(18)26-11-19(24)22-12(2)15-6-5-14(20)9-16(15)21/h4-10,12H,3,11H2,1-2H3,(H,22,24)/t12-/m1/s1. The summed E-state index contributed by atoms with van der Waals surface area (Å²) in [7, 11) is 0. The lowest BCUT2D eigenvalue weighted by atomic mass is 10.1. The number of nitrogens with one attached hydrogen (secondary N) is 1. The zero-order valence-electron chi connectivity index (χ0n) is 14.4. The second-order valence-corrected chi connectivity index (χ2v) is 6.34. The van der Waals surface area contributed by atoms with Gasteiger partial charge in [0.25, 0.3) is 5.91 Å². The normalized spacial score (nSPS) is 11.5. The zero-order valence-corrected chi connectivity index (χ0v) is 15.9. The summed E-state index contributed by atoms with van der Waals surface area (Å²) >= 11 is 12.0. The van der Waals surface area contributed by atoms with E-state index in [0.29, 0.717) is 33.7 Å². The molecule has 1 amide bonds. The highest BCUT2D eigenvalue weighted by molar-refractivity contribution is 6.35. The molecular formula is C19H19Cl2NO4. The summed E-state index contributed by atoms with van der Waals surface area (Å²) < 4.78 is 11.0. The van der Waals surface area contributed by atoms with Gasteiger partial charge in [-0.15, -0.1) is 0 Å². The highest BCUT2D eigenvalue weighted by Gasteiger charge is 2.14. The summed E-state index contributed by atoms with van der Waals surface area (Å²) in [4.78, 5) is 23.0. The van der Waals surface area contributed by atoms with Crippen LogP contribution in [0.3, 0.4) is 0 Å². The SMILES string of the molecule is CCOc1cc(C=O)ccc1OCC(=O)N[C@H](C)c1ccc(Cl)cc1Cl. The average molecular weight is 396 g/mol. The Balaban J connectivity index is 1.99. The maximum atomic E-state index is 12.2. The number of hydrogen-bond acceptors (Lipinski definition) is 4. The van der Waals surface area contributed by atoms with Gasteiger partial charge in [-0.05, 0) is 49.7 Å². The molecule has 7 heteroatoms. The van der Waals surface area contributed by atoms with Crippen LogP contribution in [0, 0.1) is 0 Å². The Hall–Kier alpha value is -2.24. The lowest BCUT2D eigenvalue weighted by molar-refractivity contribution is -0.123. The van der Waals surface area contributed by atoms with Crippen LogP contribution < -0.4 is 14.8 Å². The molecule has 0 aromatic heterocycles. The van der Waals surface area contributed by atoms with E-state index in [2.05, 4.69) is 5.32 Å². The largest absolute Gasteiger partial charge is 0.490 e. The van der Waals surface area contributed by atoms with Crippen LogP contribution >= 0.6 is 23.2 Å². The second-order valence-electron chi connectivity index (χ2n) is 5.50. The fourth-order valence-corrected chi connectivity index (χ4v) is 2.91. The minimum absolute atomic E-state index is 0.198. The van der Waals surface area contributed by atoms with Crippen LogP contribution in [-0.4, -0.2) is 25.4 Å². The van der Waals surface area contributed by atoms with Crippen LogP contribution in [0.5, 0.6) is 11.5 Å². The van der Waals surface area contributed by atoms with Crippen molar-refractivity contribution in [1.82, 2.24) is 5.32 Å². The Bertz CT molecular complexity index is 795. The predicted octanol–water partition coefficient (Wildman–Crippen LogP) is 4.46. The van der Waals surface area contributed by atoms with Crippen LogP contribution in [-0.2, 0) is 4.79 Å². The van der Waals surface area contributed by atoms with E-state index < -0.39 is 0 Å². The maximum absolute atomic E-state index is 12.2. The Kier molecular flexibility index (Phi) is 7.30. The molecule has 138 valence electrons. The third kappa shape index (κ3) is 5.38. The first-order chi connectivity index (χ1) is 12.4. The Morgan fingerprint density at radius 2 is 1.92 bits per heavy atom. The number of rotatable bonds is 8. The topological polar surface area (TPSA) is 64.6 Å². The molecule has 0 fully saturated rings. The number of halogens is 2. The molecular weight excluding hydrogens is 377 g/mol. The molecule has 0 saturated carbocycles. The molecule has 1 N–H and O–H groups in total. The van der Waals surface area contributed by atoms with Gasteiger partial charge in [0.05, 0.1) is 12.6 Å². The lowest BCUT2D eigenvalue weighted by Crippen LogP contribution is -2.31. The van der Waals surface area contributed by atoms with E-state index in [1.165, 1.54) is 0 Å². The van der Waals surface area contributed by atoms with E-state index >= 15 is 0 Å². The third-order valence-corrected chi connectivity index (χ3v) is 4.13. The van der Waals surface area contributed by atoms with Gasteiger partial charge in [-0.25, -0.2) is 0 Å². The molecule has 2 rings (SSSR count). The van der Waals surface area contributed by atoms with Crippen molar-refractivity contribution in [3.63, 3.8) is 0 Å². The molecule has 5 nitrogen and oxygen atoms in total. The van der Waals surface area contributed by atoms with Gasteiger partial charge < -0.3 is 14.8 Å². The van der Waals surface area contributed by atoms with Crippen molar-refractivity contribution in [2.24, 2.45) is 0 Å². The van der Waals surface area contributed by atoms with Crippen molar-refractivity contribution in [2.75, 3.05) is 13.2 Å². The predicted molar refractivity (Wildman–Crippen MR) is 102 cm³/mol. The molecule has 0 aliphatic carbocycles. The molecule has 26 heavy (non-hydrogen) atoms. The molecule has 0 saturated heterocycles. The highest BCUT2D eigenvalue weighted by atomic mass is 35.5. The fraction of sp³-hybridized carbons (Fsp3) is 0.263. The van der Waals surface area contributed by atoms with Gasteiger partial charge in [-0.3, -0.25) is 9.59 Å². The molecule has 2 aromatic rings. The van der Waals surface area contributed by atoms with Gasteiger partial charge in [0, 0.05) is 15.6 Å². The minimum atomic E-state index is -0.314. The van der Waals surface area contributed by atoms with Gasteiger partial charge in [-0.1, -0.05) is 29.3 Å². The summed E-state index contributed by atoms with van der Waals surface area (Å²) in [6, 6.07) is 9.56. The van der Waals surface area contributed by atoms with Gasteiger partial charge in [0.15, 0.2) is 18.1 Å². The first kappa shape index (κ1) is 20.1. The first-order valence-corrected chi connectivity index (χ1v) is 8.79. The number of carbonyl (C=O) groups excluding carboxylic acids is 2. The van der Waals surface area contributed by atoms with Crippen LogP contribution in [0.15, 0.2) is 36.4 Å². The quantitative estimate of drug-likeness (QED) is 0.670. The molecule has 0 heterocycles.